The third-order valence-electron chi connectivity index (χ3n) is 5.79. The van der Waals surface area contributed by atoms with E-state index in [1.54, 1.807) is 28.6 Å². The fraction of sp³-hybridized carbons (Fsp3) is 0.600. The second kappa shape index (κ2) is 8.71. The lowest BCUT2D eigenvalue weighted by atomic mass is 9.93. The SMILES string of the molecule is O=S(=O)(c1ccccc1)N1CCC(CCc2noc(C3CCOCC3)n2)CC1. The van der Waals surface area contributed by atoms with Crippen LogP contribution in [0.25, 0.3) is 0 Å². The molecule has 0 spiro atoms. The highest BCUT2D eigenvalue weighted by atomic mass is 32.2. The summed E-state index contributed by atoms with van der Waals surface area (Å²) in [6.45, 7) is 2.66. The van der Waals surface area contributed by atoms with E-state index in [2.05, 4.69) is 10.1 Å². The van der Waals surface area contributed by atoms with Crippen molar-refractivity contribution in [3.05, 3.63) is 42.0 Å². The van der Waals surface area contributed by atoms with E-state index in [1.165, 1.54) is 0 Å². The summed E-state index contributed by atoms with van der Waals surface area (Å²) in [5.74, 6) is 2.32. The molecule has 2 aliphatic rings. The Labute approximate surface area is 166 Å². The molecule has 2 aliphatic heterocycles. The van der Waals surface area contributed by atoms with Gasteiger partial charge < -0.3 is 9.26 Å². The Morgan fingerprint density at radius 3 is 2.46 bits per heavy atom. The molecular formula is C20H27N3O4S. The lowest BCUT2D eigenvalue weighted by Crippen LogP contribution is -2.38. The van der Waals surface area contributed by atoms with Gasteiger partial charge in [-0.1, -0.05) is 23.4 Å². The number of hydrogen-bond acceptors (Lipinski definition) is 6. The van der Waals surface area contributed by atoms with Gasteiger partial charge in [-0.25, -0.2) is 8.42 Å². The molecule has 2 saturated heterocycles. The van der Waals surface area contributed by atoms with E-state index in [0.717, 1.165) is 63.5 Å². The molecule has 0 radical (unpaired) electrons. The monoisotopic (exact) mass is 405 g/mol. The van der Waals surface area contributed by atoms with E-state index in [4.69, 9.17) is 9.26 Å². The molecule has 2 fully saturated rings. The third-order valence-corrected chi connectivity index (χ3v) is 7.70. The van der Waals surface area contributed by atoms with Crippen molar-refractivity contribution in [2.75, 3.05) is 26.3 Å². The average Bonchev–Trinajstić information content (AvgIpc) is 3.23. The molecule has 1 aromatic carbocycles. The molecule has 0 bridgehead atoms. The summed E-state index contributed by atoms with van der Waals surface area (Å²) in [7, 11) is -3.38. The smallest absolute Gasteiger partial charge is 0.243 e. The van der Waals surface area contributed by atoms with Crippen molar-refractivity contribution < 1.29 is 17.7 Å². The molecule has 2 aromatic rings. The van der Waals surface area contributed by atoms with E-state index in [1.807, 2.05) is 6.07 Å². The lowest BCUT2D eigenvalue weighted by molar-refractivity contribution is 0.0778. The average molecular weight is 406 g/mol. The Bertz CT molecular complexity index is 855. The zero-order chi connectivity index (χ0) is 19.4. The Hall–Kier alpha value is -1.77. The van der Waals surface area contributed by atoms with Gasteiger partial charge in [-0.15, -0.1) is 0 Å². The number of hydrogen-bond donors (Lipinski definition) is 0. The van der Waals surface area contributed by atoms with Crippen LogP contribution in [-0.2, 0) is 21.2 Å². The van der Waals surface area contributed by atoms with Crippen LogP contribution in [0.2, 0.25) is 0 Å². The first-order valence-corrected chi connectivity index (χ1v) is 11.5. The van der Waals surface area contributed by atoms with Crippen molar-refractivity contribution in [3.63, 3.8) is 0 Å². The molecule has 7 nitrogen and oxygen atoms in total. The van der Waals surface area contributed by atoms with Crippen molar-refractivity contribution in [1.82, 2.24) is 14.4 Å². The van der Waals surface area contributed by atoms with Crippen molar-refractivity contribution in [1.29, 1.82) is 0 Å². The van der Waals surface area contributed by atoms with Crippen molar-refractivity contribution >= 4 is 10.0 Å². The van der Waals surface area contributed by atoms with Crippen molar-refractivity contribution in [2.45, 2.75) is 49.3 Å². The number of nitrogens with zero attached hydrogens (tertiary/aromatic N) is 3. The minimum absolute atomic E-state index is 0.321. The Morgan fingerprint density at radius 2 is 1.75 bits per heavy atom. The summed E-state index contributed by atoms with van der Waals surface area (Å²) in [6, 6.07) is 8.68. The number of benzene rings is 1. The van der Waals surface area contributed by atoms with Crippen LogP contribution in [0.1, 0.15) is 49.7 Å². The van der Waals surface area contributed by atoms with Gasteiger partial charge in [0, 0.05) is 38.6 Å². The van der Waals surface area contributed by atoms with E-state index in [0.29, 0.717) is 29.8 Å². The van der Waals surface area contributed by atoms with Crippen LogP contribution in [-0.4, -0.2) is 49.2 Å². The summed E-state index contributed by atoms with van der Waals surface area (Å²) < 4.78 is 37.9. The predicted molar refractivity (Wildman–Crippen MR) is 103 cm³/mol. The molecule has 3 heterocycles. The topological polar surface area (TPSA) is 85.5 Å². The van der Waals surface area contributed by atoms with Gasteiger partial charge in [0.25, 0.3) is 0 Å². The molecule has 0 saturated carbocycles. The maximum Gasteiger partial charge on any atom is 0.243 e. The zero-order valence-corrected chi connectivity index (χ0v) is 16.8. The molecule has 8 heteroatoms. The van der Waals surface area contributed by atoms with Gasteiger partial charge in [0.15, 0.2) is 5.82 Å². The van der Waals surface area contributed by atoms with Gasteiger partial charge in [0.2, 0.25) is 15.9 Å². The number of aromatic nitrogens is 2. The van der Waals surface area contributed by atoms with Gasteiger partial charge in [-0.3, -0.25) is 0 Å². The molecule has 1 aromatic heterocycles. The first kappa shape index (κ1) is 19.5. The molecule has 4 rings (SSSR count). The fourth-order valence-electron chi connectivity index (χ4n) is 3.99. The van der Waals surface area contributed by atoms with Gasteiger partial charge in [-0.2, -0.15) is 9.29 Å². The maximum absolute atomic E-state index is 12.7. The molecular weight excluding hydrogens is 378 g/mol. The second-order valence-corrected chi connectivity index (χ2v) is 9.57. The standard InChI is InChI=1S/C20H27N3O4S/c24-28(25,18-4-2-1-3-5-18)23-12-8-16(9-13-23)6-7-19-21-20(27-22-19)17-10-14-26-15-11-17/h1-5,16-17H,6-15H2. The number of rotatable bonds is 6. The Balaban J connectivity index is 1.26. The van der Waals surface area contributed by atoms with Crippen LogP contribution in [0.5, 0.6) is 0 Å². The van der Waals surface area contributed by atoms with E-state index < -0.39 is 10.0 Å². The second-order valence-electron chi connectivity index (χ2n) is 7.63. The van der Waals surface area contributed by atoms with E-state index in [-0.39, 0.29) is 0 Å². The van der Waals surface area contributed by atoms with Crippen LogP contribution in [0.15, 0.2) is 39.8 Å². The number of aryl methyl sites for hydroxylation is 1. The first-order chi connectivity index (χ1) is 13.6. The molecule has 0 atom stereocenters. The minimum Gasteiger partial charge on any atom is -0.381 e. The minimum atomic E-state index is -3.38. The van der Waals surface area contributed by atoms with Crippen molar-refractivity contribution in [3.8, 4) is 0 Å². The third kappa shape index (κ3) is 4.45. The number of sulfonamides is 1. The number of piperidine rings is 1. The predicted octanol–water partition coefficient (Wildman–Crippen LogP) is 3.00. The largest absolute Gasteiger partial charge is 0.381 e. The molecule has 28 heavy (non-hydrogen) atoms. The van der Waals surface area contributed by atoms with Crippen LogP contribution in [0, 0.1) is 5.92 Å². The number of ether oxygens (including phenoxy) is 1. The highest BCUT2D eigenvalue weighted by molar-refractivity contribution is 7.89. The summed E-state index contributed by atoms with van der Waals surface area (Å²) in [5.41, 5.74) is 0. The Morgan fingerprint density at radius 1 is 1.04 bits per heavy atom. The van der Waals surface area contributed by atoms with E-state index in [9.17, 15) is 8.42 Å². The first-order valence-electron chi connectivity index (χ1n) is 10.1. The summed E-state index contributed by atoms with van der Waals surface area (Å²) >= 11 is 0. The van der Waals surface area contributed by atoms with Crippen molar-refractivity contribution in [2.24, 2.45) is 5.92 Å². The highest BCUT2D eigenvalue weighted by Crippen LogP contribution is 2.28. The van der Waals surface area contributed by atoms with Crippen LogP contribution < -0.4 is 0 Å². The van der Waals surface area contributed by atoms with Crippen LogP contribution in [0.4, 0.5) is 0 Å². The van der Waals surface area contributed by atoms with Gasteiger partial charge in [-0.05, 0) is 50.2 Å². The van der Waals surface area contributed by atoms with E-state index >= 15 is 0 Å². The van der Waals surface area contributed by atoms with Gasteiger partial charge in [0.05, 0.1) is 4.90 Å². The maximum atomic E-state index is 12.7. The highest BCUT2D eigenvalue weighted by Gasteiger charge is 2.29. The van der Waals surface area contributed by atoms with Gasteiger partial charge >= 0.3 is 0 Å². The molecule has 0 aliphatic carbocycles. The lowest BCUT2D eigenvalue weighted by Gasteiger charge is -2.31. The molecule has 152 valence electrons. The summed E-state index contributed by atoms with van der Waals surface area (Å²) in [6.07, 6.45) is 5.37. The van der Waals surface area contributed by atoms with Gasteiger partial charge in [0.1, 0.15) is 0 Å². The molecule has 0 N–H and O–H groups in total. The summed E-state index contributed by atoms with van der Waals surface area (Å²) in [4.78, 5) is 4.95. The molecule has 0 amide bonds. The normalized spacial score (nSPS) is 20.4. The van der Waals surface area contributed by atoms with Crippen LogP contribution in [0.3, 0.4) is 0 Å². The fourth-order valence-corrected chi connectivity index (χ4v) is 5.48. The quantitative estimate of drug-likeness (QED) is 0.734. The zero-order valence-electron chi connectivity index (χ0n) is 16.0. The molecule has 0 unspecified atom stereocenters. The Kier molecular flexibility index (Phi) is 6.08. The summed E-state index contributed by atoms with van der Waals surface area (Å²) in [5, 5.41) is 4.14. The van der Waals surface area contributed by atoms with Crippen LogP contribution >= 0.6 is 0 Å².